The molecule has 0 saturated heterocycles. The lowest BCUT2D eigenvalue weighted by Gasteiger charge is -2.11. The summed E-state index contributed by atoms with van der Waals surface area (Å²) in [4.78, 5) is 0. The van der Waals surface area contributed by atoms with E-state index in [-0.39, 0.29) is 5.75 Å². The van der Waals surface area contributed by atoms with Crippen molar-refractivity contribution in [2.75, 3.05) is 0 Å². The first-order valence-electron chi connectivity index (χ1n) is 5.63. The van der Waals surface area contributed by atoms with Crippen LogP contribution in [0.1, 0.15) is 18.9 Å². The summed E-state index contributed by atoms with van der Waals surface area (Å²) in [7, 11) is 0. The Bertz CT molecular complexity index is 436. The molecule has 2 unspecified atom stereocenters. The van der Waals surface area contributed by atoms with Crippen LogP contribution in [0.15, 0.2) is 22.7 Å². The molecular formula is C12H13BrF3NO. The fourth-order valence-corrected chi connectivity index (χ4v) is 2.22. The molecule has 1 N–H and O–H groups in total. The van der Waals surface area contributed by atoms with Crippen molar-refractivity contribution < 1.29 is 17.9 Å². The summed E-state index contributed by atoms with van der Waals surface area (Å²) in [5.74, 6) is 0.479. The van der Waals surface area contributed by atoms with Crippen molar-refractivity contribution >= 4 is 15.9 Å². The van der Waals surface area contributed by atoms with E-state index in [1.165, 1.54) is 6.07 Å². The molecule has 1 aromatic rings. The van der Waals surface area contributed by atoms with Gasteiger partial charge < -0.3 is 10.1 Å². The van der Waals surface area contributed by atoms with Crippen molar-refractivity contribution in [2.24, 2.45) is 5.92 Å². The third-order valence-corrected chi connectivity index (χ3v) is 3.52. The number of hydrogen-bond donors (Lipinski definition) is 1. The van der Waals surface area contributed by atoms with Gasteiger partial charge in [0.25, 0.3) is 0 Å². The first-order chi connectivity index (χ1) is 8.35. The summed E-state index contributed by atoms with van der Waals surface area (Å²) in [6, 6.07) is 5.13. The van der Waals surface area contributed by atoms with E-state index >= 15 is 0 Å². The van der Waals surface area contributed by atoms with Crippen LogP contribution in [0.4, 0.5) is 13.2 Å². The zero-order valence-electron chi connectivity index (χ0n) is 9.72. The van der Waals surface area contributed by atoms with Gasteiger partial charge in [-0.05, 0) is 46.0 Å². The predicted octanol–water partition coefficient (Wildman–Crippen LogP) is 3.85. The fourth-order valence-electron chi connectivity index (χ4n) is 1.72. The van der Waals surface area contributed by atoms with Crippen molar-refractivity contribution in [3.63, 3.8) is 0 Å². The maximum atomic E-state index is 12.1. The summed E-state index contributed by atoms with van der Waals surface area (Å²) in [6.45, 7) is 2.81. The highest BCUT2D eigenvalue weighted by Gasteiger charge is 2.32. The molecule has 0 heterocycles. The van der Waals surface area contributed by atoms with Crippen molar-refractivity contribution in [1.29, 1.82) is 0 Å². The van der Waals surface area contributed by atoms with Gasteiger partial charge in [-0.2, -0.15) is 0 Å². The van der Waals surface area contributed by atoms with E-state index < -0.39 is 6.36 Å². The second-order valence-electron chi connectivity index (χ2n) is 4.51. The molecule has 2 rings (SSSR count). The highest BCUT2D eigenvalue weighted by Crippen LogP contribution is 2.32. The van der Waals surface area contributed by atoms with Crippen LogP contribution >= 0.6 is 15.9 Å². The zero-order chi connectivity index (χ0) is 13.3. The molecule has 1 aromatic carbocycles. The van der Waals surface area contributed by atoms with Crippen LogP contribution in [0, 0.1) is 5.92 Å². The molecule has 0 aliphatic heterocycles. The summed E-state index contributed by atoms with van der Waals surface area (Å²) in [5.41, 5.74) is 0.926. The Morgan fingerprint density at radius 1 is 1.44 bits per heavy atom. The average molecular weight is 324 g/mol. The molecule has 2 nitrogen and oxygen atoms in total. The zero-order valence-corrected chi connectivity index (χ0v) is 11.3. The van der Waals surface area contributed by atoms with E-state index in [1.807, 2.05) is 0 Å². The van der Waals surface area contributed by atoms with Crippen LogP contribution in [-0.4, -0.2) is 12.4 Å². The quantitative estimate of drug-likeness (QED) is 0.908. The van der Waals surface area contributed by atoms with Crippen LogP contribution in [0.5, 0.6) is 5.75 Å². The normalized spacial score (nSPS) is 22.9. The van der Waals surface area contributed by atoms with Gasteiger partial charge >= 0.3 is 6.36 Å². The second-order valence-corrected chi connectivity index (χ2v) is 5.37. The van der Waals surface area contributed by atoms with Crippen LogP contribution < -0.4 is 10.1 Å². The van der Waals surface area contributed by atoms with Crippen molar-refractivity contribution in [3.05, 3.63) is 28.2 Å². The standard InChI is InChI=1S/C12H13BrF3NO/c1-7-4-10(7)17-6-8-2-3-11(9(13)5-8)18-12(14,15)16/h2-3,5,7,10,17H,4,6H2,1H3. The minimum atomic E-state index is -4.66. The Kier molecular flexibility index (Phi) is 3.87. The molecule has 0 spiro atoms. The molecule has 2 atom stereocenters. The highest BCUT2D eigenvalue weighted by atomic mass is 79.9. The third kappa shape index (κ3) is 3.88. The molecule has 18 heavy (non-hydrogen) atoms. The lowest BCUT2D eigenvalue weighted by Crippen LogP contribution is -2.18. The van der Waals surface area contributed by atoms with Gasteiger partial charge in [0.1, 0.15) is 5.75 Å². The lowest BCUT2D eigenvalue weighted by molar-refractivity contribution is -0.274. The smallest absolute Gasteiger partial charge is 0.405 e. The molecule has 6 heteroatoms. The minimum Gasteiger partial charge on any atom is -0.405 e. The van der Waals surface area contributed by atoms with Gasteiger partial charge in [0, 0.05) is 12.6 Å². The molecule has 0 aromatic heterocycles. The Balaban J connectivity index is 1.96. The van der Waals surface area contributed by atoms with E-state index in [9.17, 15) is 13.2 Å². The maximum absolute atomic E-state index is 12.1. The molecular weight excluding hydrogens is 311 g/mol. The molecule has 0 amide bonds. The van der Waals surface area contributed by atoms with E-state index in [0.717, 1.165) is 12.0 Å². The van der Waals surface area contributed by atoms with E-state index in [2.05, 4.69) is 32.9 Å². The predicted molar refractivity (Wildman–Crippen MR) is 65.2 cm³/mol. The highest BCUT2D eigenvalue weighted by molar-refractivity contribution is 9.10. The summed E-state index contributed by atoms with van der Waals surface area (Å²) < 4.78 is 40.4. The van der Waals surface area contributed by atoms with Gasteiger partial charge in [0.05, 0.1) is 4.47 Å². The Hall–Kier alpha value is -0.750. The van der Waals surface area contributed by atoms with Crippen LogP contribution in [0.2, 0.25) is 0 Å². The van der Waals surface area contributed by atoms with Crippen LogP contribution in [0.25, 0.3) is 0 Å². The van der Waals surface area contributed by atoms with E-state index in [4.69, 9.17) is 0 Å². The number of alkyl halides is 3. The third-order valence-electron chi connectivity index (χ3n) is 2.90. The van der Waals surface area contributed by atoms with E-state index in [1.54, 1.807) is 12.1 Å². The Morgan fingerprint density at radius 3 is 2.61 bits per heavy atom. The van der Waals surface area contributed by atoms with Gasteiger partial charge in [-0.15, -0.1) is 13.2 Å². The van der Waals surface area contributed by atoms with Gasteiger partial charge in [-0.3, -0.25) is 0 Å². The second kappa shape index (κ2) is 5.09. The average Bonchev–Trinajstić information content (AvgIpc) is 2.94. The number of halogens is 4. The number of ether oxygens (including phenoxy) is 1. The minimum absolute atomic E-state index is 0.217. The molecule has 0 radical (unpaired) electrons. The van der Waals surface area contributed by atoms with E-state index in [0.29, 0.717) is 23.0 Å². The Morgan fingerprint density at radius 2 is 2.11 bits per heavy atom. The van der Waals surface area contributed by atoms with Crippen LogP contribution in [0.3, 0.4) is 0 Å². The maximum Gasteiger partial charge on any atom is 0.573 e. The fraction of sp³-hybridized carbons (Fsp3) is 0.500. The largest absolute Gasteiger partial charge is 0.573 e. The molecule has 1 aliphatic rings. The summed E-state index contributed by atoms with van der Waals surface area (Å²) >= 11 is 3.08. The molecule has 1 saturated carbocycles. The van der Waals surface area contributed by atoms with Crippen molar-refractivity contribution in [2.45, 2.75) is 32.3 Å². The Labute approximate surface area is 112 Å². The van der Waals surface area contributed by atoms with Crippen molar-refractivity contribution in [3.8, 4) is 5.75 Å². The SMILES string of the molecule is CC1CC1NCc1ccc(OC(F)(F)F)c(Br)c1. The van der Waals surface area contributed by atoms with Gasteiger partial charge in [-0.1, -0.05) is 13.0 Å². The summed E-state index contributed by atoms with van der Waals surface area (Å²) in [6.07, 6.45) is -3.50. The van der Waals surface area contributed by atoms with Gasteiger partial charge in [0.15, 0.2) is 0 Å². The first-order valence-corrected chi connectivity index (χ1v) is 6.42. The van der Waals surface area contributed by atoms with Crippen molar-refractivity contribution in [1.82, 2.24) is 5.32 Å². The molecule has 0 bridgehead atoms. The van der Waals surface area contributed by atoms with Gasteiger partial charge in [0.2, 0.25) is 0 Å². The summed E-state index contributed by atoms with van der Waals surface area (Å²) in [5, 5.41) is 3.33. The number of hydrogen-bond acceptors (Lipinski definition) is 2. The van der Waals surface area contributed by atoms with Crippen LogP contribution in [-0.2, 0) is 6.54 Å². The topological polar surface area (TPSA) is 21.3 Å². The monoisotopic (exact) mass is 323 g/mol. The number of rotatable bonds is 4. The molecule has 1 fully saturated rings. The lowest BCUT2D eigenvalue weighted by atomic mass is 10.2. The molecule has 1 aliphatic carbocycles. The first kappa shape index (κ1) is 13.7. The number of benzene rings is 1. The number of nitrogens with one attached hydrogen (secondary N) is 1. The van der Waals surface area contributed by atoms with Gasteiger partial charge in [-0.25, -0.2) is 0 Å². The molecule has 100 valence electrons.